The molecule has 5 heteroatoms. The molecule has 0 saturated carbocycles. The third-order valence-electron chi connectivity index (χ3n) is 4.06. The highest BCUT2D eigenvalue weighted by molar-refractivity contribution is 5.70. The van der Waals surface area contributed by atoms with Crippen LogP contribution in [-0.4, -0.2) is 50.9 Å². The van der Waals surface area contributed by atoms with Crippen molar-refractivity contribution in [1.82, 2.24) is 0 Å². The number of nitrogen functional groups attached to an aromatic ring is 2. The van der Waals surface area contributed by atoms with Gasteiger partial charge in [-0.15, -0.1) is 0 Å². The smallest absolute Gasteiger partial charge is 0.102 e. The van der Waals surface area contributed by atoms with Crippen molar-refractivity contribution in [2.45, 2.75) is 12.8 Å². The molecule has 0 radical (unpaired) electrons. The minimum Gasteiger partial charge on any atom is -0.399 e. The number of nitrogens with two attached hydrogens (primary N) is 2. The first-order chi connectivity index (χ1) is 9.59. The van der Waals surface area contributed by atoms with Gasteiger partial charge in [-0.2, -0.15) is 0 Å². The van der Waals surface area contributed by atoms with Gasteiger partial charge >= 0.3 is 0 Å². The predicted octanol–water partition coefficient (Wildman–Crippen LogP) is 1.52. The average molecular weight is 279 g/mol. The molecule has 0 bridgehead atoms. The number of benzene rings is 1. The van der Waals surface area contributed by atoms with E-state index in [1.54, 1.807) is 6.07 Å². The molecule has 0 atom stereocenters. The summed E-state index contributed by atoms with van der Waals surface area (Å²) in [5.41, 5.74) is 13.8. The van der Waals surface area contributed by atoms with Crippen LogP contribution < -0.4 is 16.8 Å². The zero-order chi connectivity index (χ0) is 14.4. The second-order valence-electron chi connectivity index (χ2n) is 5.88. The first-order valence-electron chi connectivity index (χ1n) is 7.39. The summed E-state index contributed by atoms with van der Waals surface area (Å²) >= 11 is 0. The molecule has 5 N–H and O–H groups in total. The summed E-state index contributed by atoms with van der Waals surface area (Å²) < 4.78 is 6.87. The van der Waals surface area contributed by atoms with Gasteiger partial charge in [-0.3, -0.25) is 0 Å². The van der Waals surface area contributed by atoms with Crippen LogP contribution in [0.3, 0.4) is 0 Å². The molecule has 1 saturated heterocycles. The number of likely N-dealkylation sites (tertiary alicyclic amines) is 1. The highest BCUT2D eigenvalue weighted by atomic mass is 16.5. The lowest BCUT2D eigenvalue weighted by atomic mass is 10.2. The van der Waals surface area contributed by atoms with Gasteiger partial charge in [0.2, 0.25) is 0 Å². The van der Waals surface area contributed by atoms with Crippen molar-refractivity contribution >= 4 is 17.1 Å². The molecule has 1 aromatic carbocycles. The van der Waals surface area contributed by atoms with E-state index < -0.39 is 0 Å². The van der Waals surface area contributed by atoms with Crippen molar-refractivity contribution in [2.75, 3.05) is 63.2 Å². The van der Waals surface area contributed by atoms with E-state index in [1.807, 2.05) is 12.1 Å². The van der Waals surface area contributed by atoms with E-state index in [0.717, 1.165) is 25.4 Å². The van der Waals surface area contributed by atoms with E-state index in [0.29, 0.717) is 18.0 Å². The van der Waals surface area contributed by atoms with Crippen LogP contribution in [-0.2, 0) is 4.74 Å². The van der Waals surface area contributed by atoms with Crippen LogP contribution in [0.25, 0.3) is 0 Å². The lowest BCUT2D eigenvalue weighted by Crippen LogP contribution is -2.43. The minimum atomic E-state index is 0.681. The highest BCUT2D eigenvalue weighted by Crippen LogP contribution is 2.20. The number of nitrogens with zero attached hydrogens (tertiary/aromatic N) is 1. The number of anilines is 3. The number of nitrogens with one attached hydrogen (secondary N) is 1. The van der Waals surface area contributed by atoms with Crippen molar-refractivity contribution in [3.8, 4) is 0 Å². The third-order valence-corrected chi connectivity index (χ3v) is 4.06. The molecule has 0 spiro atoms. The van der Waals surface area contributed by atoms with Gasteiger partial charge in [0, 0.05) is 25.1 Å². The van der Waals surface area contributed by atoms with Gasteiger partial charge in [0.25, 0.3) is 0 Å². The van der Waals surface area contributed by atoms with Crippen molar-refractivity contribution in [1.29, 1.82) is 0 Å². The molecule has 2 rings (SSSR count). The molecular formula is C15H27N4O+. The molecule has 1 aliphatic rings. The van der Waals surface area contributed by atoms with E-state index in [2.05, 4.69) is 12.4 Å². The van der Waals surface area contributed by atoms with Crippen molar-refractivity contribution in [3.05, 3.63) is 18.2 Å². The van der Waals surface area contributed by atoms with Gasteiger partial charge in [-0.25, -0.2) is 0 Å². The molecule has 1 heterocycles. The largest absolute Gasteiger partial charge is 0.399 e. The van der Waals surface area contributed by atoms with Crippen LogP contribution in [0.4, 0.5) is 17.1 Å². The Labute approximate surface area is 121 Å². The van der Waals surface area contributed by atoms with Crippen LogP contribution in [0, 0.1) is 0 Å². The number of rotatable bonds is 7. The maximum Gasteiger partial charge on any atom is 0.102 e. The fourth-order valence-electron chi connectivity index (χ4n) is 2.71. The molecule has 0 amide bonds. The second-order valence-corrected chi connectivity index (χ2v) is 5.88. The summed E-state index contributed by atoms with van der Waals surface area (Å²) in [6.45, 7) is 5.99. The molecule has 1 aromatic rings. The standard InChI is InChI=1S/C15H27N4O/c1-19(7-2-3-8-19)9-11-20-10-6-18-15-5-4-13(16)12-14(15)17/h4-5,12,18H,2-3,6-11,16-17H2,1H3/q+1. The van der Waals surface area contributed by atoms with Crippen molar-refractivity contribution < 1.29 is 9.22 Å². The van der Waals surface area contributed by atoms with Crippen LogP contribution in [0.15, 0.2) is 18.2 Å². The van der Waals surface area contributed by atoms with Crippen LogP contribution in [0.5, 0.6) is 0 Å². The quantitative estimate of drug-likeness (QED) is 0.402. The number of likely N-dealkylation sites (N-methyl/N-ethyl adjacent to an activating group) is 1. The molecule has 0 unspecified atom stereocenters. The first-order valence-corrected chi connectivity index (χ1v) is 7.39. The van der Waals surface area contributed by atoms with Crippen molar-refractivity contribution in [3.63, 3.8) is 0 Å². The van der Waals surface area contributed by atoms with Gasteiger partial charge in [0.1, 0.15) is 6.54 Å². The van der Waals surface area contributed by atoms with E-state index >= 15 is 0 Å². The number of hydrogen-bond acceptors (Lipinski definition) is 4. The summed E-state index contributed by atoms with van der Waals surface area (Å²) in [7, 11) is 2.32. The van der Waals surface area contributed by atoms with Gasteiger partial charge in [0.15, 0.2) is 0 Å². The van der Waals surface area contributed by atoms with E-state index in [-0.39, 0.29) is 0 Å². The first kappa shape index (κ1) is 14.9. The monoisotopic (exact) mass is 279 g/mol. The van der Waals surface area contributed by atoms with E-state index in [1.165, 1.54) is 30.4 Å². The lowest BCUT2D eigenvalue weighted by Gasteiger charge is -2.28. The zero-order valence-electron chi connectivity index (χ0n) is 12.4. The van der Waals surface area contributed by atoms with Crippen LogP contribution in [0.2, 0.25) is 0 Å². The van der Waals surface area contributed by atoms with Crippen LogP contribution >= 0.6 is 0 Å². The second kappa shape index (κ2) is 6.81. The summed E-state index contributed by atoms with van der Waals surface area (Å²) in [6.07, 6.45) is 2.71. The fraction of sp³-hybridized carbons (Fsp3) is 0.600. The van der Waals surface area contributed by atoms with Gasteiger partial charge in [-0.05, 0) is 18.2 Å². The molecule has 112 valence electrons. The SMILES string of the molecule is C[N+]1(CCOCCNc2ccc(N)cc2N)CCCC1. The Hall–Kier alpha value is -1.46. The van der Waals surface area contributed by atoms with Gasteiger partial charge < -0.3 is 26.0 Å². The normalized spacial score (nSPS) is 17.2. The molecule has 5 nitrogen and oxygen atoms in total. The van der Waals surface area contributed by atoms with E-state index in [9.17, 15) is 0 Å². The molecular weight excluding hydrogens is 252 g/mol. The Balaban J connectivity index is 1.59. The molecule has 0 aromatic heterocycles. The summed E-state index contributed by atoms with van der Waals surface area (Å²) in [6, 6.07) is 5.51. The summed E-state index contributed by atoms with van der Waals surface area (Å²) in [5, 5.41) is 3.27. The highest BCUT2D eigenvalue weighted by Gasteiger charge is 2.25. The summed E-state index contributed by atoms with van der Waals surface area (Å²) in [5.74, 6) is 0. The number of ether oxygens (including phenoxy) is 1. The molecule has 1 fully saturated rings. The zero-order valence-corrected chi connectivity index (χ0v) is 12.4. The Bertz CT molecular complexity index is 430. The molecule has 0 aliphatic carbocycles. The molecule has 20 heavy (non-hydrogen) atoms. The van der Waals surface area contributed by atoms with Crippen LogP contribution in [0.1, 0.15) is 12.8 Å². The Morgan fingerprint density at radius 2 is 1.95 bits per heavy atom. The Morgan fingerprint density at radius 1 is 1.20 bits per heavy atom. The molecule has 1 aliphatic heterocycles. The topological polar surface area (TPSA) is 73.3 Å². The van der Waals surface area contributed by atoms with Gasteiger partial charge in [0.05, 0.1) is 44.7 Å². The van der Waals surface area contributed by atoms with E-state index in [4.69, 9.17) is 16.2 Å². The number of quaternary nitrogens is 1. The Kier molecular flexibility index (Phi) is 5.09. The maximum absolute atomic E-state index is 5.88. The summed E-state index contributed by atoms with van der Waals surface area (Å²) in [4.78, 5) is 0. The van der Waals surface area contributed by atoms with Crippen molar-refractivity contribution in [2.24, 2.45) is 0 Å². The number of hydrogen-bond donors (Lipinski definition) is 3. The fourth-order valence-corrected chi connectivity index (χ4v) is 2.71. The Morgan fingerprint density at radius 3 is 2.65 bits per heavy atom. The lowest BCUT2D eigenvalue weighted by molar-refractivity contribution is -0.898. The minimum absolute atomic E-state index is 0.681. The van der Waals surface area contributed by atoms with Gasteiger partial charge in [-0.1, -0.05) is 0 Å². The maximum atomic E-state index is 5.88. The predicted molar refractivity (Wildman–Crippen MR) is 84.6 cm³/mol. The third kappa shape index (κ3) is 4.28. The average Bonchev–Trinajstić information content (AvgIpc) is 2.83.